The third-order valence-corrected chi connectivity index (χ3v) is 1.87. The molecule has 0 saturated heterocycles. The van der Waals surface area contributed by atoms with Crippen molar-refractivity contribution in [2.45, 2.75) is 58.0 Å². The summed E-state index contributed by atoms with van der Waals surface area (Å²) < 4.78 is 37.6. The molecule has 0 N–H and O–H groups in total. The van der Waals surface area contributed by atoms with E-state index < -0.39 is 18.5 Å². The predicted molar refractivity (Wildman–Crippen MR) is 44.5 cm³/mol. The molecule has 12 heavy (non-hydrogen) atoms. The first-order valence-corrected chi connectivity index (χ1v) is 4.51. The number of halogens is 3. The van der Waals surface area contributed by atoms with Crippen molar-refractivity contribution in [3.8, 4) is 0 Å². The zero-order chi connectivity index (χ0) is 9.56. The second kappa shape index (κ2) is 6.32. The van der Waals surface area contributed by atoms with Gasteiger partial charge in [-0.3, -0.25) is 0 Å². The molecule has 0 aliphatic rings. The van der Waals surface area contributed by atoms with Crippen molar-refractivity contribution in [1.29, 1.82) is 0 Å². The van der Waals surface area contributed by atoms with Gasteiger partial charge in [0.2, 0.25) is 0 Å². The van der Waals surface area contributed by atoms with Gasteiger partial charge in [0.05, 0.1) is 0 Å². The van der Waals surface area contributed by atoms with Gasteiger partial charge in [-0.25, -0.2) is 13.2 Å². The van der Waals surface area contributed by atoms with E-state index in [1.165, 1.54) is 0 Å². The molecule has 74 valence electrons. The molecule has 0 heterocycles. The van der Waals surface area contributed by atoms with E-state index in [2.05, 4.69) is 0 Å². The van der Waals surface area contributed by atoms with Gasteiger partial charge in [-0.2, -0.15) is 0 Å². The fourth-order valence-electron chi connectivity index (χ4n) is 1.04. The molecule has 0 aromatic heterocycles. The Bertz CT molecular complexity index is 104. The highest BCUT2D eigenvalue weighted by atomic mass is 19.2. The smallest absolute Gasteiger partial charge is 0.162 e. The summed E-state index contributed by atoms with van der Waals surface area (Å²) in [6.07, 6.45) is -2.63. The van der Waals surface area contributed by atoms with Crippen LogP contribution < -0.4 is 0 Å². The van der Waals surface area contributed by atoms with E-state index in [4.69, 9.17) is 0 Å². The molecule has 0 radical (unpaired) electrons. The molecule has 0 aromatic carbocycles. The molecule has 0 amide bonds. The van der Waals surface area contributed by atoms with Gasteiger partial charge in [0.1, 0.15) is 12.3 Å². The van der Waals surface area contributed by atoms with Gasteiger partial charge in [0.15, 0.2) is 6.17 Å². The number of hydrogen-bond donors (Lipinski definition) is 0. The minimum atomic E-state index is -1.94. The van der Waals surface area contributed by atoms with E-state index in [0.717, 1.165) is 19.8 Å². The molecule has 0 bridgehead atoms. The fourth-order valence-corrected chi connectivity index (χ4v) is 1.04. The number of rotatable bonds is 6. The zero-order valence-electron chi connectivity index (χ0n) is 7.69. The molecule has 3 heteroatoms. The zero-order valence-corrected chi connectivity index (χ0v) is 7.69. The Morgan fingerprint density at radius 2 is 1.67 bits per heavy atom. The maximum atomic E-state index is 12.8. The summed E-state index contributed by atoms with van der Waals surface area (Å²) in [6, 6.07) is 0. The number of alkyl halides is 3. The van der Waals surface area contributed by atoms with Gasteiger partial charge in [-0.05, 0) is 13.3 Å². The Morgan fingerprint density at radius 1 is 1.08 bits per heavy atom. The number of unbranched alkanes of at least 4 members (excludes halogenated alkanes) is 2. The van der Waals surface area contributed by atoms with Crippen molar-refractivity contribution in [1.82, 2.24) is 0 Å². The SMILES string of the molecule is CCCCC[C@@H](F)[C@H](F)[C@H](C)F. The van der Waals surface area contributed by atoms with Crippen LogP contribution >= 0.6 is 0 Å². The summed E-state index contributed by atoms with van der Waals surface area (Å²) in [7, 11) is 0. The van der Waals surface area contributed by atoms with Gasteiger partial charge in [0.25, 0.3) is 0 Å². The lowest BCUT2D eigenvalue weighted by molar-refractivity contribution is 0.0848. The Morgan fingerprint density at radius 3 is 2.08 bits per heavy atom. The molecule has 0 fully saturated rings. The molecule has 0 saturated carbocycles. The largest absolute Gasteiger partial charge is 0.244 e. The molecule has 0 aliphatic heterocycles. The topological polar surface area (TPSA) is 0 Å². The van der Waals surface area contributed by atoms with E-state index in [9.17, 15) is 13.2 Å². The van der Waals surface area contributed by atoms with Crippen LogP contribution in [-0.2, 0) is 0 Å². The van der Waals surface area contributed by atoms with Crippen LogP contribution in [0.1, 0.15) is 39.5 Å². The van der Waals surface area contributed by atoms with Crippen LogP contribution in [0.5, 0.6) is 0 Å². The lowest BCUT2D eigenvalue weighted by Crippen LogP contribution is -2.25. The van der Waals surface area contributed by atoms with Gasteiger partial charge in [-0.15, -0.1) is 0 Å². The lowest BCUT2D eigenvalue weighted by Gasteiger charge is -2.13. The van der Waals surface area contributed by atoms with E-state index in [-0.39, 0.29) is 6.42 Å². The Labute approximate surface area is 72.2 Å². The highest BCUT2D eigenvalue weighted by molar-refractivity contribution is 4.73. The summed E-state index contributed by atoms with van der Waals surface area (Å²) in [5, 5.41) is 0. The van der Waals surface area contributed by atoms with Crippen LogP contribution in [0, 0.1) is 0 Å². The first kappa shape index (κ1) is 11.8. The molecule has 3 atom stereocenters. The van der Waals surface area contributed by atoms with Gasteiger partial charge in [-0.1, -0.05) is 26.2 Å². The summed E-state index contributed by atoms with van der Waals surface area (Å²) >= 11 is 0. The van der Waals surface area contributed by atoms with Crippen LogP contribution in [0.3, 0.4) is 0 Å². The summed E-state index contributed by atoms with van der Waals surface area (Å²) in [5.41, 5.74) is 0. The van der Waals surface area contributed by atoms with E-state index in [0.29, 0.717) is 6.42 Å². The molecule has 0 nitrogen and oxygen atoms in total. The normalized spacial score (nSPS) is 18.8. The van der Waals surface area contributed by atoms with Crippen LogP contribution in [0.25, 0.3) is 0 Å². The first-order chi connectivity index (χ1) is 5.59. The quantitative estimate of drug-likeness (QED) is 0.550. The monoisotopic (exact) mass is 182 g/mol. The highest BCUT2D eigenvalue weighted by Crippen LogP contribution is 2.17. The second-order valence-electron chi connectivity index (χ2n) is 3.13. The van der Waals surface area contributed by atoms with E-state index >= 15 is 0 Å². The van der Waals surface area contributed by atoms with Crippen LogP contribution in [0.2, 0.25) is 0 Å². The van der Waals surface area contributed by atoms with Crippen LogP contribution in [-0.4, -0.2) is 18.5 Å². The molecule has 0 spiro atoms. The minimum Gasteiger partial charge on any atom is -0.244 e. The minimum absolute atomic E-state index is 0.142. The summed E-state index contributed by atoms with van der Waals surface area (Å²) in [5.74, 6) is 0. The Kier molecular flexibility index (Phi) is 6.21. The van der Waals surface area contributed by atoms with Crippen molar-refractivity contribution in [3.05, 3.63) is 0 Å². The second-order valence-corrected chi connectivity index (χ2v) is 3.13. The van der Waals surface area contributed by atoms with Crippen molar-refractivity contribution in [3.63, 3.8) is 0 Å². The fraction of sp³-hybridized carbons (Fsp3) is 1.00. The molecule has 0 aliphatic carbocycles. The van der Waals surface area contributed by atoms with Crippen molar-refractivity contribution in [2.75, 3.05) is 0 Å². The van der Waals surface area contributed by atoms with Crippen LogP contribution in [0.4, 0.5) is 13.2 Å². The average molecular weight is 182 g/mol. The first-order valence-electron chi connectivity index (χ1n) is 4.51. The third-order valence-electron chi connectivity index (χ3n) is 1.87. The van der Waals surface area contributed by atoms with Gasteiger partial charge in [0, 0.05) is 0 Å². The Hall–Kier alpha value is -0.210. The van der Waals surface area contributed by atoms with E-state index in [1.807, 2.05) is 6.92 Å². The molecular formula is C9H17F3. The summed E-state index contributed by atoms with van der Waals surface area (Å²) in [6.45, 7) is 3.04. The predicted octanol–water partition coefficient (Wildman–Crippen LogP) is 3.60. The molecule has 0 aromatic rings. The number of hydrogen-bond acceptors (Lipinski definition) is 0. The molecule has 0 rings (SSSR count). The van der Waals surface area contributed by atoms with Gasteiger partial charge < -0.3 is 0 Å². The lowest BCUT2D eigenvalue weighted by atomic mass is 10.1. The maximum Gasteiger partial charge on any atom is 0.162 e. The van der Waals surface area contributed by atoms with Crippen LogP contribution in [0.15, 0.2) is 0 Å². The summed E-state index contributed by atoms with van der Waals surface area (Å²) in [4.78, 5) is 0. The van der Waals surface area contributed by atoms with Crippen molar-refractivity contribution in [2.24, 2.45) is 0 Å². The average Bonchev–Trinajstić information content (AvgIpc) is 2.03. The molecular weight excluding hydrogens is 165 g/mol. The maximum absolute atomic E-state index is 12.8. The molecule has 0 unspecified atom stereocenters. The highest BCUT2D eigenvalue weighted by Gasteiger charge is 2.25. The van der Waals surface area contributed by atoms with E-state index in [1.54, 1.807) is 0 Å². The Balaban J connectivity index is 3.49. The third kappa shape index (κ3) is 4.62. The standard InChI is InChI=1S/C9H17F3/c1-3-4-5-6-8(11)9(12)7(2)10/h7-9H,3-6H2,1-2H3/t7-,8+,9+/m0/s1. The van der Waals surface area contributed by atoms with Crippen molar-refractivity contribution >= 4 is 0 Å². The van der Waals surface area contributed by atoms with Gasteiger partial charge >= 0.3 is 0 Å². The van der Waals surface area contributed by atoms with Crippen molar-refractivity contribution < 1.29 is 13.2 Å².